The third-order valence-corrected chi connectivity index (χ3v) is 2.72. The predicted octanol–water partition coefficient (Wildman–Crippen LogP) is 1.40. The average Bonchev–Trinajstić information content (AvgIpc) is 2.82. The number of aliphatic hydroxyl groups is 1. The zero-order chi connectivity index (χ0) is 10.3. The first-order valence-corrected chi connectivity index (χ1v) is 5.11. The van der Waals surface area contributed by atoms with E-state index in [9.17, 15) is 5.11 Å². The minimum Gasteiger partial charge on any atom is -0.423 e. The van der Waals surface area contributed by atoms with E-state index in [0.29, 0.717) is 12.6 Å². The molecule has 1 aromatic heterocycles. The Morgan fingerprint density at radius 2 is 2.27 bits per heavy atom. The largest absolute Gasteiger partial charge is 0.423 e. The molecule has 1 N–H and O–H groups in total. The zero-order valence-corrected chi connectivity index (χ0v) is 8.26. The molecule has 0 spiro atoms. The molecule has 3 rings (SSSR count). The van der Waals surface area contributed by atoms with E-state index in [4.69, 9.17) is 4.42 Å². The van der Waals surface area contributed by atoms with Gasteiger partial charge >= 0.3 is 0 Å². The van der Waals surface area contributed by atoms with E-state index in [1.807, 2.05) is 29.2 Å². The fourth-order valence-corrected chi connectivity index (χ4v) is 1.91. The van der Waals surface area contributed by atoms with Crippen LogP contribution in [0.25, 0.3) is 11.1 Å². The number of hydrogen-bond donors (Lipinski definition) is 1. The first kappa shape index (κ1) is 8.73. The van der Waals surface area contributed by atoms with Crippen molar-refractivity contribution in [3.05, 3.63) is 24.3 Å². The summed E-state index contributed by atoms with van der Waals surface area (Å²) in [6.07, 6.45) is 0.540. The highest BCUT2D eigenvalue weighted by Crippen LogP contribution is 2.24. The number of aromatic nitrogens is 1. The number of aliphatic hydroxyl groups excluding tert-OH is 1. The van der Waals surface area contributed by atoms with Crippen molar-refractivity contribution in [2.24, 2.45) is 0 Å². The first-order chi connectivity index (χ1) is 7.33. The molecule has 0 bridgehead atoms. The highest BCUT2D eigenvalue weighted by atomic mass is 16.4. The molecule has 2 aromatic rings. The maximum atomic E-state index is 9.42. The van der Waals surface area contributed by atoms with Gasteiger partial charge in [0.25, 0.3) is 6.01 Å². The molecule has 78 valence electrons. The van der Waals surface area contributed by atoms with Gasteiger partial charge in [0.2, 0.25) is 0 Å². The number of oxazole rings is 1. The second-order valence-electron chi connectivity index (χ2n) is 3.85. The van der Waals surface area contributed by atoms with E-state index in [-0.39, 0.29) is 6.10 Å². The molecule has 2 heterocycles. The Bertz CT molecular complexity index is 447. The van der Waals surface area contributed by atoms with Gasteiger partial charge in [-0.2, -0.15) is 4.98 Å². The maximum Gasteiger partial charge on any atom is 0.298 e. The van der Waals surface area contributed by atoms with Crippen molar-refractivity contribution in [3.63, 3.8) is 0 Å². The summed E-state index contributed by atoms with van der Waals surface area (Å²) in [5.41, 5.74) is 1.67. The van der Waals surface area contributed by atoms with E-state index in [1.165, 1.54) is 0 Å². The van der Waals surface area contributed by atoms with Gasteiger partial charge in [0.05, 0.1) is 6.10 Å². The number of rotatable bonds is 1. The number of β-amino-alcohol motifs (C(OH)–C–C–N with tert-alkyl or cyclic N) is 1. The zero-order valence-electron chi connectivity index (χ0n) is 8.26. The Labute approximate surface area is 87.1 Å². The van der Waals surface area contributed by atoms with Crippen LogP contribution in [0.3, 0.4) is 0 Å². The summed E-state index contributed by atoms with van der Waals surface area (Å²) in [6, 6.07) is 8.31. The van der Waals surface area contributed by atoms with E-state index in [0.717, 1.165) is 24.1 Å². The van der Waals surface area contributed by atoms with Crippen molar-refractivity contribution >= 4 is 17.1 Å². The molecule has 1 aromatic carbocycles. The molecular weight excluding hydrogens is 192 g/mol. The summed E-state index contributed by atoms with van der Waals surface area (Å²) < 4.78 is 5.60. The van der Waals surface area contributed by atoms with Crippen molar-refractivity contribution in [2.75, 3.05) is 18.0 Å². The Kier molecular flexibility index (Phi) is 1.89. The Morgan fingerprint density at radius 3 is 3.00 bits per heavy atom. The van der Waals surface area contributed by atoms with E-state index < -0.39 is 0 Å². The lowest BCUT2D eigenvalue weighted by atomic mass is 10.3. The standard InChI is InChI=1S/C11H12N2O2/c14-8-5-6-13(7-8)11-12-9-3-1-2-4-10(9)15-11/h1-4,8,14H,5-7H2/t8-/m0/s1. The number of hydrogen-bond acceptors (Lipinski definition) is 4. The number of anilines is 1. The summed E-state index contributed by atoms with van der Waals surface area (Å²) in [5, 5.41) is 9.42. The lowest BCUT2D eigenvalue weighted by molar-refractivity contribution is 0.198. The predicted molar refractivity (Wildman–Crippen MR) is 56.8 cm³/mol. The fraction of sp³-hybridized carbons (Fsp3) is 0.364. The smallest absolute Gasteiger partial charge is 0.298 e. The fourth-order valence-electron chi connectivity index (χ4n) is 1.91. The van der Waals surface area contributed by atoms with Gasteiger partial charge in [0.15, 0.2) is 5.58 Å². The lowest BCUT2D eigenvalue weighted by Gasteiger charge is -2.10. The highest BCUT2D eigenvalue weighted by Gasteiger charge is 2.23. The molecule has 1 fully saturated rings. The van der Waals surface area contributed by atoms with Crippen LogP contribution in [-0.2, 0) is 0 Å². The van der Waals surface area contributed by atoms with Gasteiger partial charge in [-0.15, -0.1) is 0 Å². The number of benzene rings is 1. The quantitative estimate of drug-likeness (QED) is 0.762. The molecule has 1 atom stereocenters. The average molecular weight is 204 g/mol. The molecule has 4 heteroatoms. The Hall–Kier alpha value is -1.55. The summed E-state index contributed by atoms with van der Waals surface area (Å²) in [7, 11) is 0. The van der Waals surface area contributed by atoms with Crippen LogP contribution in [0.5, 0.6) is 0 Å². The van der Waals surface area contributed by atoms with E-state index in [2.05, 4.69) is 4.98 Å². The van der Waals surface area contributed by atoms with Crippen molar-refractivity contribution in [1.29, 1.82) is 0 Å². The second-order valence-corrected chi connectivity index (χ2v) is 3.85. The summed E-state index contributed by atoms with van der Waals surface area (Å²) in [5.74, 6) is 0. The molecule has 0 amide bonds. The van der Waals surface area contributed by atoms with E-state index in [1.54, 1.807) is 0 Å². The molecule has 0 radical (unpaired) electrons. The van der Waals surface area contributed by atoms with Crippen LogP contribution in [0, 0.1) is 0 Å². The third-order valence-electron chi connectivity index (χ3n) is 2.72. The highest BCUT2D eigenvalue weighted by molar-refractivity contribution is 5.74. The van der Waals surface area contributed by atoms with Crippen LogP contribution in [0.15, 0.2) is 28.7 Å². The maximum absolute atomic E-state index is 9.42. The number of para-hydroxylation sites is 2. The SMILES string of the molecule is O[C@H]1CCN(c2nc3ccccc3o2)C1. The van der Waals surface area contributed by atoms with Gasteiger partial charge in [-0.3, -0.25) is 0 Å². The number of fused-ring (bicyclic) bond motifs is 1. The van der Waals surface area contributed by atoms with Crippen LogP contribution in [0.4, 0.5) is 6.01 Å². The molecule has 1 aliphatic rings. The van der Waals surface area contributed by atoms with Gasteiger partial charge in [-0.25, -0.2) is 0 Å². The molecule has 1 aliphatic heterocycles. The molecule has 0 saturated carbocycles. The Balaban J connectivity index is 1.98. The summed E-state index contributed by atoms with van der Waals surface area (Å²) in [6.45, 7) is 1.43. The third kappa shape index (κ3) is 1.47. The van der Waals surface area contributed by atoms with Crippen LogP contribution >= 0.6 is 0 Å². The number of nitrogens with zero attached hydrogens (tertiary/aromatic N) is 2. The van der Waals surface area contributed by atoms with Crippen LogP contribution in [-0.4, -0.2) is 29.3 Å². The van der Waals surface area contributed by atoms with Crippen LogP contribution in [0.1, 0.15) is 6.42 Å². The molecule has 4 nitrogen and oxygen atoms in total. The van der Waals surface area contributed by atoms with Gasteiger partial charge in [-0.1, -0.05) is 12.1 Å². The first-order valence-electron chi connectivity index (χ1n) is 5.11. The van der Waals surface area contributed by atoms with Crippen LogP contribution in [0.2, 0.25) is 0 Å². The van der Waals surface area contributed by atoms with Crippen LogP contribution < -0.4 is 4.90 Å². The van der Waals surface area contributed by atoms with E-state index >= 15 is 0 Å². The monoisotopic (exact) mass is 204 g/mol. The van der Waals surface area contributed by atoms with Gasteiger partial charge < -0.3 is 14.4 Å². The summed E-state index contributed by atoms with van der Waals surface area (Å²) in [4.78, 5) is 6.35. The van der Waals surface area contributed by atoms with Crippen molar-refractivity contribution < 1.29 is 9.52 Å². The van der Waals surface area contributed by atoms with Crippen molar-refractivity contribution in [3.8, 4) is 0 Å². The lowest BCUT2D eigenvalue weighted by Crippen LogP contribution is -2.21. The van der Waals surface area contributed by atoms with Gasteiger partial charge in [0.1, 0.15) is 5.52 Å². The second kappa shape index (κ2) is 3.24. The molecule has 0 aliphatic carbocycles. The topological polar surface area (TPSA) is 49.5 Å². The molecule has 1 saturated heterocycles. The van der Waals surface area contributed by atoms with Crippen molar-refractivity contribution in [2.45, 2.75) is 12.5 Å². The molecule has 15 heavy (non-hydrogen) atoms. The normalized spacial score (nSPS) is 21.4. The minimum absolute atomic E-state index is 0.250. The summed E-state index contributed by atoms with van der Waals surface area (Å²) >= 11 is 0. The van der Waals surface area contributed by atoms with Gasteiger partial charge in [-0.05, 0) is 18.6 Å². The molecule has 0 unspecified atom stereocenters. The minimum atomic E-state index is -0.250. The Morgan fingerprint density at radius 1 is 1.40 bits per heavy atom. The molecular formula is C11H12N2O2. The van der Waals surface area contributed by atoms with Gasteiger partial charge in [0, 0.05) is 13.1 Å². The van der Waals surface area contributed by atoms with Crippen molar-refractivity contribution in [1.82, 2.24) is 4.98 Å².